The lowest BCUT2D eigenvalue weighted by Crippen LogP contribution is -2.58. The Labute approximate surface area is 217 Å². The number of carbonyl (C=O) groups excluding carboxylic acids is 2. The van der Waals surface area contributed by atoms with Gasteiger partial charge in [-0.2, -0.15) is 5.26 Å². The largest absolute Gasteiger partial charge is 0.444 e. The van der Waals surface area contributed by atoms with Gasteiger partial charge in [0.25, 0.3) is 0 Å². The summed E-state index contributed by atoms with van der Waals surface area (Å²) in [6, 6.07) is 18.4. The summed E-state index contributed by atoms with van der Waals surface area (Å²) in [5, 5.41) is 10.4. The highest BCUT2D eigenvalue weighted by atomic mass is 16.5. The molecule has 0 fully saturated rings. The highest BCUT2D eigenvalue weighted by Gasteiger charge is 2.67. The summed E-state index contributed by atoms with van der Waals surface area (Å²) in [6.45, 7) is 10.3. The van der Waals surface area contributed by atoms with Crippen molar-refractivity contribution in [1.29, 1.82) is 5.26 Å². The Bertz CT molecular complexity index is 1510. The third-order valence-electron chi connectivity index (χ3n) is 8.76. The van der Waals surface area contributed by atoms with E-state index in [0.29, 0.717) is 24.2 Å². The quantitative estimate of drug-likeness (QED) is 0.594. The van der Waals surface area contributed by atoms with Crippen LogP contribution < -0.4 is 10.6 Å². The SMILES string of the molecule is CC1(C)CC(=O)C2=C(C1)OC(N)=C(C#N)[C@]21C(=O)N2c3c1cccc3[C@@](C)(c1ccccc1)CC2(C)C. The van der Waals surface area contributed by atoms with Gasteiger partial charge in [0, 0.05) is 29.4 Å². The van der Waals surface area contributed by atoms with Gasteiger partial charge in [-0.05, 0) is 36.8 Å². The smallest absolute Gasteiger partial charge is 0.248 e. The second-order valence-corrected chi connectivity index (χ2v) is 12.5. The van der Waals surface area contributed by atoms with Crippen LogP contribution in [0.1, 0.15) is 70.6 Å². The molecule has 2 atom stereocenters. The van der Waals surface area contributed by atoms with Crippen molar-refractivity contribution in [1.82, 2.24) is 0 Å². The van der Waals surface area contributed by atoms with Crippen molar-refractivity contribution in [2.45, 2.75) is 70.3 Å². The second kappa shape index (κ2) is 7.13. The topological polar surface area (TPSA) is 96.4 Å². The van der Waals surface area contributed by atoms with Gasteiger partial charge >= 0.3 is 0 Å². The van der Waals surface area contributed by atoms with E-state index in [1.54, 1.807) is 0 Å². The lowest BCUT2D eigenvalue weighted by Gasteiger charge is -2.50. The number of carbonyl (C=O) groups is 2. The van der Waals surface area contributed by atoms with Crippen LogP contribution in [0.2, 0.25) is 0 Å². The number of rotatable bonds is 1. The molecule has 0 bridgehead atoms. The maximum Gasteiger partial charge on any atom is 0.248 e. The highest BCUT2D eigenvalue weighted by Crippen LogP contribution is 2.63. The van der Waals surface area contributed by atoms with Crippen molar-refractivity contribution in [3.63, 3.8) is 0 Å². The predicted octanol–water partition coefficient (Wildman–Crippen LogP) is 5.13. The molecule has 4 aliphatic rings. The number of ether oxygens (including phenoxy) is 1. The van der Waals surface area contributed by atoms with Gasteiger partial charge in [0.2, 0.25) is 11.8 Å². The molecule has 1 aliphatic carbocycles. The summed E-state index contributed by atoms with van der Waals surface area (Å²) < 4.78 is 5.95. The van der Waals surface area contributed by atoms with E-state index in [1.165, 1.54) is 0 Å². The normalized spacial score (nSPS) is 29.1. The van der Waals surface area contributed by atoms with Gasteiger partial charge in [-0.25, -0.2) is 0 Å². The van der Waals surface area contributed by atoms with Crippen molar-refractivity contribution in [2.24, 2.45) is 11.1 Å². The molecule has 37 heavy (non-hydrogen) atoms. The average molecular weight is 494 g/mol. The maximum atomic E-state index is 14.8. The first kappa shape index (κ1) is 23.5. The van der Waals surface area contributed by atoms with E-state index in [1.807, 2.05) is 49.1 Å². The number of fused-ring (bicyclic) bond motifs is 2. The molecule has 0 unspecified atom stereocenters. The fraction of sp³-hybridized carbons (Fsp3) is 0.387. The lowest BCUT2D eigenvalue weighted by molar-refractivity contribution is -0.126. The van der Waals surface area contributed by atoms with E-state index in [-0.39, 0.29) is 46.0 Å². The predicted molar refractivity (Wildman–Crippen MR) is 140 cm³/mol. The molecule has 3 aliphatic heterocycles. The minimum Gasteiger partial charge on any atom is -0.444 e. The number of para-hydroxylation sites is 1. The Morgan fingerprint density at radius 1 is 0.946 bits per heavy atom. The van der Waals surface area contributed by atoms with E-state index in [9.17, 15) is 14.9 Å². The van der Waals surface area contributed by atoms with E-state index in [2.05, 4.69) is 45.0 Å². The van der Waals surface area contributed by atoms with Crippen LogP contribution in [0.5, 0.6) is 0 Å². The number of nitrogens with two attached hydrogens (primary N) is 1. The Hall–Kier alpha value is -3.85. The molecule has 6 heteroatoms. The third-order valence-corrected chi connectivity index (χ3v) is 8.76. The van der Waals surface area contributed by atoms with Gasteiger partial charge in [0.15, 0.2) is 5.78 Å². The molecule has 3 heterocycles. The molecule has 0 saturated heterocycles. The molecule has 2 N–H and O–H groups in total. The van der Waals surface area contributed by atoms with Gasteiger partial charge in [0.05, 0.1) is 11.3 Å². The lowest BCUT2D eigenvalue weighted by atomic mass is 9.61. The number of nitriles is 1. The van der Waals surface area contributed by atoms with Crippen LogP contribution >= 0.6 is 0 Å². The number of amides is 1. The molecular formula is C31H31N3O3. The molecule has 188 valence electrons. The fourth-order valence-electron chi connectivity index (χ4n) is 7.48. The molecule has 6 nitrogen and oxygen atoms in total. The number of hydrogen-bond donors (Lipinski definition) is 1. The van der Waals surface area contributed by atoms with Crippen molar-refractivity contribution in [3.8, 4) is 6.07 Å². The fourth-order valence-corrected chi connectivity index (χ4v) is 7.48. The van der Waals surface area contributed by atoms with Gasteiger partial charge in [-0.1, -0.05) is 69.3 Å². The van der Waals surface area contributed by atoms with Crippen LogP contribution in [-0.2, 0) is 25.2 Å². The van der Waals surface area contributed by atoms with E-state index < -0.39 is 11.0 Å². The molecule has 1 spiro atoms. The van der Waals surface area contributed by atoms with Crippen molar-refractivity contribution >= 4 is 17.4 Å². The first-order valence-corrected chi connectivity index (χ1v) is 12.8. The van der Waals surface area contributed by atoms with Crippen molar-refractivity contribution < 1.29 is 14.3 Å². The maximum absolute atomic E-state index is 14.8. The number of anilines is 1. The van der Waals surface area contributed by atoms with E-state index in [0.717, 1.165) is 16.8 Å². The highest BCUT2D eigenvalue weighted by molar-refractivity contribution is 6.21. The number of hydrogen-bond acceptors (Lipinski definition) is 5. The molecular weight excluding hydrogens is 462 g/mol. The number of Topliss-reactive ketones (excluding diaryl/α,β-unsaturated/α-hetero) is 1. The van der Waals surface area contributed by atoms with E-state index >= 15 is 0 Å². The molecule has 0 aromatic heterocycles. The van der Waals surface area contributed by atoms with Gasteiger partial charge < -0.3 is 15.4 Å². The summed E-state index contributed by atoms with van der Waals surface area (Å²) in [5.41, 5.74) is 7.32. The Kier molecular flexibility index (Phi) is 4.54. The van der Waals surface area contributed by atoms with Crippen LogP contribution in [-0.4, -0.2) is 17.2 Å². The molecule has 0 saturated carbocycles. The number of nitrogens with zero attached hydrogens (tertiary/aromatic N) is 2. The molecule has 1 amide bonds. The number of allylic oxidation sites excluding steroid dienone is 1. The zero-order valence-electron chi connectivity index (χ0n) is 21.9. The third kappa shape index (κ3) is 2.80. The molecule has 2 aromatic rings. The summed E-state index contributed by atoms with van der Waals surface area (Å²) in [4.78, 5) is 30.5. The molecule has 0 radical (unpaired) electrons. The van der Waals surface area contributed by atoms with Crippen molar-refractivity contribution in [2.75, 3.05) is 4.90 Å². The van der Waals surface area contributed by atoms with Crippen LogP contribution in [0, 0.1) is 16.7 Å². The van der Waals surface area contributed by atoms with Crippen LogP contribution in [0.4, 0.5) is 5.69 Å². The standard InChI is InChI=1S/C31H31N3O3/c1-28(2)14-22(35)24-23(15-28)37-26(33)21(16-32)31(24)20-13-9-12-19-25(20)34(27(31)36)29(3,4)17-30(19,5)18-10-7-6-8-11-18/h6-13H,14-15,17,33H2,1-5H3/t30-,31+/m1/s1. The summed E-state index contributed by atoms with van der Waals surface area (Å²) in [6.07, 6.45) is 1.40. The Balaban J connectivity index is 1.73. The Morgan fingerprint density at radius 3 is 2.30 bits per heavy atom. The summed E-state index contributed by atoms with van der Waals surface area (Å²) in [7, 11) is 0. The average Bonchev–Trinajstić information content (AvgIpc) is 3.07. The van der Waals surface area contributed by atoms with Crippen molar-refractivity contribution in [3.05, 3.63) is 88.0 Å². The Morgan fingerprint density at radius 2 is 1.62 bits per heavy atom. The zero-order valence-corrected chi connectivity index (χ0v) is 21.9. The first-order chi connectivity index (χ1) is 17.4. The van der Waals surface area contributed by atoms with Gasteiger partial charge in [0.1, 0.15) is 22.8 Å². The molecule has 6 rings (SSSR count). The second-order valence-electron chi connectivity index (χ2n) is 12.5. The molecule has 2 aromatic carbocycles. The van der Waals surface area contributed by atoms with Crippen LogP contribution in [0.15, 0.2) is 71.3 Å². The minimum atomic E-state index is -1.61. The zero-order chi connectivity index (χ0) is 26.5. The monoisotopic (exact) mass is 493 g/mol. The van der Waals surface area contributed by atoms with E-state index in [4.69, 9.17) is 10.5 Å². The number of benzene rings is 2. The first-order valence-electron chi connectivity index (χ1n) is 12.8. The summed E-state index contributed by atoms with van der Waals surface area (Å²) >= 11 is 0. The summed E-state index contributed by atoms with van der Waals surface area (Å²) in [5.74, 6) is -0.146. The minimum absolute atomic E-state index is 0.00400. The van der Waals surface area contributed by atoms with Gasteiger partial charge in [-0.15, -0.1) is 0 Å². The number of ketones is 1. The van der Waals surface area contributed by atoms with Crippen LogP contribution in [0.25, 0.3) is 0 Å². The van der Waals surface area contributed by atoms with Crippen LogP contribution in [0.3, 0.4) is 0 Å². The van der Waals surface area contributed by atoms with Gasteiger partial charge in [-0.3, -0.25) is 9.59 Å².